The molecule has 3 fully saturated rings. The van der Waals surface area contributed by atoms with Crippen LogP contribution < -0.4 is 5.32 Å². The first-order valence-electron chi connectivity index (χ1n) is 10.7. The largest absolute Gasteiger partial charge is 0.334 e. The smallest absolute Gasteiger partial charge is 0.318 e. The highest BCUT2D eigenvalue weighted by Gasteiger charge is 2.38. The van der Waals surface area contributed by atoms with Gasteiger partial charge in [-0.3, -0.25) is 0 Å². The minimum atomic E-state index is -0.330. The van der Waals surface area contributed by atoms with E-state index in [2.05, 4.69) is 16.3 Å². The zero-order chi connectivity index (χ0) is 20.7. The molecule has 2 bridgehead atoms. The fourth-order valence-electron chi connectivity index (χ4n) is 5.28. The number of urea groups is 1. The number of nitriles is 1. The van der Waals surface area contributed by atoms with Gasteiger partial charge in [0, 0.05) is 19.1 Å². The summed E-state index contributed by atoms with van der Waals surface area (Å²) in [6.07, 6.45) is 3.02. The van der Waals surface area contributed by atoms with Crippen molar-refractivity contribution in [2.75, 3.05) is 26.2 Å². The molecule has 3 saturated heterocycles. The van der Waals surface area contributed by atoms with Crippen molar-refractivity contribution in [3.05, 3.63) is 70.5 Å². The summed E-state index contributed by atoms with van der Waals surface area (Å²) in [5, 5.41) is 12.7. The van der Waals surface area contributed by atoms with E-state index in [9.17, 15) is 14.4 Å². The lowest BCUT2D eigenvalue weighted by Crippen LogP contribution is -2.59. The number of halogens is 1. The standard InChI is InChI=1S/C24H25FN4O/c25-20-5-3-19(4-6-20)23-21-13-16(14-26)1-2-17(21)9-12-29(23)24(30)27-22-15-28-10-7-18(22)8-11-28/h1-6,13,18,22-23H,7-12,15H2,(H,27,30)/t22?,23-/m1/s1. The number of amides is 2. The molecule has 0 saturated carbocycles. The highest BCUT2D eigenvalue weighted by atomic mass is 19.1. The van der Waals surface area contributed by atoms with Crippen LogP contribution in [0.4, 0.5) is 9.18 Å². The Kier molecular flexibility index (Phi) is 4.92. The summed E-state index contributed by atoms with van der Waals surface area (Å²) in [4.78, 5) is 17.7. The van der Waals surface area contributed by atoms with E-state index in [0.29, 0.717) is 18.0 Å². The van der Waals surface area contributed by atoms with Crippen LogP contribution in [0, 0.1) is 23.1 Å². The predicted octanol–water partition coefficient (Wildman–Crippen LogP) is 3.45. The van der Waals surface area contributed by atoms with E-state index in [1.165, 1.54) is 12.1 Å². The topological polar surface area (TPSA) is 59.4 Å². The zero-order valence-electron chi connectivity index (χ0n) is 16.9. The number of hydrogen-bond donors (Lipinski definition) is 1. The summed E-state index contributed by atoms with van der Waals surface area (Å²) in [6.45, 7) is 3.76. The summed E-state index contributed by atoms with van der Waals surface area (Å²) in [5.74, 6) is 0.245. The Morgan fingerprint density at radius 2 is 1.87 bits per heavy atom. The molecule has 0 radical (unpaired) electrons. The monoisotopic (exact) mass is 404 g/mol. The van der Waals surface area contributed by atoms with Gasteiger partial charge in [-0.15, -0.1) is 0 Å². The SMILES string of the molecule is N#Cc1ccc2c(c1)[C@@H](c1ccc(F)cc1)N(C(=O)NC1CN3CCC1CC3)CC2. The van der Waals surface area contributed by atoms with Gasteiger partial charge < -0.3 is 15.1 Å². The Morgan fingerprint density at radius 3 is 2.53 bits per heavy atom. The summed E-state index contributed by atoms with van der Waals surface area (Å²) in [7, 11) is 0. The van der Waals surface area contributed by atoms with E-state index < -0.39 is 0 Å². The van der Waals surface area contributed by atoms with Crippen molar-refractivity contribution in [1.82, 2.24) is 15.1 Å². The van der Waals surface area contributed by atoms with Gasteiger partial charge >= 0.3 is 6.03 Å². The highest BCUT2D eigenvalue weighted by Crippen LogP contribution is 2.36. The first-order chi connectivity index (χ1) is 14.6. The fraction of sp³-hybridized carbons (Fsp3) is 0.417. The van der Waals surface area contributed by atoms with Crippen LogP contribution >= 0.6 is 0 Å². The number of nitrogens with one attached hydrogen (secondary N) is 1. The molecule has 2 atom stereocenters. The molecule has 5 nitrogen and oxygen atoms in total. The van der Waals surface area contributed by atoms with Crippen molar-refractivity contribution < 1.29 is 9.18 Å². The average molecular weight is 404 g/mol. The first kappa shape index (κ1) is 19.1. The average Bonchev–Trinajstić information content (AvgIpc) is 2.79. The summed E-state index contributed by atoms with van der Waals surface area (Å²) in [5.41, 5.74) is 3.52. The van der Waals surface area contributed by atoms with Gasteiger partial charge in [0.1, 0.15) is 5.82 Å². The second-order valence-electron chi connectivity index (χ2n) is 8.62. The van der Waals surface area contributed by atoms with Gasteiger partial charge in [-0.2, -0.15) is 5.26 Å². The van der Waals surface area contributed by atoms with Crippen molar-refractivity contribution in [3.8, 4) is 6.07 Å². The molecule has 2 amide bonds. The third-order valence-electron chi connectivity index (χ3n) is 6.91. The molecule has 0 spiro atoms. The van der Waals surface area contributed by atoms with Crippen molar-refractivity contribution >= 4 is 6.03 Å². The Hall–Kier alpha value is -2.91. The van der Waals surface area contributed by atoms with Crippen LogP contribution in [0.5, 0.6) is 0 Å². The van der Waals surface area contributed by atoms with Crippen LogP contribution in [0.25, 0.3) is 0 Å². The highest BCUT2D eigenvalue weighted by molar-refractivity contribution is 5.76. The molecule has 0 aliphatic carbocycles. The second-order valence-corrected chi connectivity index (χ2v) is 8.62. The zero-order valence-corrected chi connectivity index (χ0v) is 16.9. The third kappa shape index (κ3) is 3.44. The Morgan fingerprint density at radius 1 is 1.10 bits per heavy atom. The molecule has 1 N–H and O–H groups in total. The molecular weight excluding hydrogens is 379 g/mol. The van der Waals surface area contributed by atoms with E-state index in [-0.39, 0.29) is 23.9 Å². The van der Waals surface area contributed by atoms with E-state index in [0.717, 1.165) is 55.6 Å². The Labute approximate surface area is 176 Å². The van der Waals surface area contributed by atoms with Crippen molar-refractivity contribution in [1.29, 1.82) is 5.26 Å². The maximum atomic E-state index is 13.6. The van der Waals surface area contributed by atoms with Crippen LogP contribution in [0.2, 0.25) is 0 Å². The van der Waals surface area contributed by atoms with Gasteiger partial charge in [-0.1, -0.05) is 18.2 Å². The summed E-state index contributed by atoms with van der Waals surface area (Å²) >= 11 is 0. The molecule has 2 aromatic rings. The van der Waals surface area contributed by atoms with Gasteiger partial charge in [0.25, 0.3) is 0 Å². The second kappa shape index (κ2) is 7.73. The van der Waals surface area contributed by atoms with Crippen LogP contribution in [0.15, 0.2) is 42.5 Å². The number of benzene rings is 2. The Bertz CT molecular complexity index is 991. The number of carbonyl (C=O) groups is 1. The fourth-order valence-corrected chi connectivity index (χ4v) is 5.28. The quantitative estimate of drug-likeness (QED) is 0.834. The number of piperidine rings is 3. The lowest BCUT2D eigenvalue weighted by Gasteiger charge is -2.46. The van der Waals surface area contributed by atoms with Gasteiger partial charge in [-0.25, -0.2) is 9.18 Å². The molecule has 4 aliphatic rings. The van der Waals surface area contributed by atoms with Gasteiger partial charge in [0.2, 0.25) is 0 Å². The van der Waals surface area contributed by atoms with Gasteiger partial charge in [0.15, 0.2) is 0 Å². The van der Waals surface area contributed by atoms with E-state index in [4.69, 9.17) is 0 Å². The molecule has 6 rings (SSSR count). The molecule has 0 aromatic heterocycles. The lowest BCUT2D eigenvalue weighted by molar-refractivity contribution is 0.0715. The molecule has 1 unspecified atom stereocenters. The van der Waals surface area contributed by atoms with Gasteiger partial charge in [0.05, 0.1) is 17.7 Å². The normalized spacial score (nSPS) is 27.3. The molecule has 2 aromatic carbocycles. The molecule has 6 heteroatoms. The number of fused-ring (bicyclic) bond motifs is 4. The maximum Gasteiger partial charge on any atom is 0.318 e. The lowest BCUT2D eigenvalue weighted by atomic mass is 9.84. The number of carbonyl (C=O) groups excluding carboxylic acids is 1. The molecule has 4 aliphatic heterocycles. The van der Waals surface area contributed by atoms with Crippen LogP contribution in [-0.4, -0.2) is 48.1 Å². The minimum Gasteiger partial charge on any atom is -0.334 e. The van der Waals surface area contributed by atoms with E-state index >= 15 is 0 Å². The third-order valence-corrected chi connectivity index (χ3v) is 6.91. The van der Waals surface area contributed by atoms with Crippen molar-refractivity contribution in [3.63, 3.8) is 0 Å². The summed E-state index contributed by atoms with van der Waals surface area (Å²) in [6, 6.07) is 14.0. The van der Waals surface area contributed by atoms with Crippen molar-refractivity contribution in [2.45, 2.75) is 31.3 Å². The van der Waals surface area contributed by atoms with Crippen LogP contribution in [0.3, 0.4) is 0 Å². The Balaban J connectivity index is 1.47. The van der Waals surface area contributed by atoms with Crippen LogP contribution in [0.1, 0.15) is 41.1 Å². The predicted molar refractivity (Wildman–Crippen MR) is 111 cm³/mol. The molecule has 30 heavy (non-hydrogen) atoms. The number of rotatable bonds is 2. The maximum absolute atomic E-state index is 13.6. The number of nitrogens with zero attached hydrogens (tertiary/aromatic N) is 3. The number of hydrogen-bond acceptors (Lipinski definition) is 3. The van der Waals surface area contributed by atoms with E-state index in [1.54, 1.807) is 12.1 Å². The molecular formula is C24H25FN4O. The first-order valence-corrected chi connectivity index (χ1v) is 10.7. The molecule has 4 heterocycles. The summed E-state index contributed by atoms with van der Waals surface area (Å²) < 4.78 is 13.6. The molecule has 154 valence electrons. The van der Waals surface area contributed by atoms with Crippen LogP contribution in [-0.2, 0) is 6.42 Å². The van der Waals surface area contributed by atoms with E-state index in [1.807, 2.05) is 23.1 Å². The minimum absolute atomic E-state index is 0.0731. The van der Waals surface area contributed by atoms with Gasteiger partial charge in [-0.05, 0) is 79.2 Å². The van der Waals surface area contributed by atoms with Crippen molar-refractivity contribution in [2.24, 2.45) is 5.92 Å².